The lowest BCUT2D eigenvalue weighted by atomic mass is 10.1. The minimum atomic E-state index is -0.990. The van der Waals surface area contributed by atoms with Gasteiger partial charge >= 0.3 is 5.97 Å². The fourth-order valence-corrected chi connectivity index (χ4v) is 1.65. The van der Waals surface area contributed by atoms with E-state index in [-0.39, 0.29) is 5.56 Å². The molecule has 1 aromatic heterocycles. The predicted molar refractivity (Wildman–Crippen MR) is 70.3 cm³/mol. The van der Waals surface area contributed by atoms with E-state index in [1.165, 1.54) is 11.8 Å². The zero-order chi connectivity index (χ0) is 13.0. The molecule has 92 valence electrons. The molecule has 2 rings (SSSR count). The van der Waals surface area contributed by atoms with Crippen LogP contribution in [0.1, 0.15) is 22.8 Å². The van der Waals surface area contributed by atoms with Crippen molar-refractivity contribution in [2.75, 3.05) is 5.32 Å². The van der Waals surface area contributed by atoms with Crippen LogP contribution in [0.4, 0.5) is 11.4 Å². The maximum absolute atomic E-state index is 11.0. The number of pyridine rings is 1. The highest BCUT2D eigenvalue weighted by Gasteiger charge is 2.09. The molecule has 0 atom stereocenters. The van der Waals surface area contributed by atoms with E-state index < -0.39 is 5.97 Å². The number of carbonyl (C=O) groups is 1. The van der Waals surface area contributed by atoms with E-state index in [1.807, 2.05) is 24.3 Å². The summed E-state index contributed by atoms with van der Waals surface area (Å²) >= 11 is 0. The number of aromatic nitrogens is 1. The molecule has 0 aliphatic heterocycles. The topological polar surface area (TPSA) is 62.2 Å². The van der Waals surface area contributed by atoms with Gasteiger partial charge in [0, 0.05) is 18.1 Å². The molecule has 0 bridgehead atoms. The van der Waals surface area contributed by atoms with Gasteiger partial charge in [-0.05, 0) is 30.2 Å². The molecule has 0 aliphatic rings. The minimum absolute atomic E-state index is 0.164. The zero-order valence-electron chi connectivity index (χ0n) is 10.1. The average Bonchev–Trinajstić information content (AvgIpc) is 2.40. The zero-order valence-corrected chi connectivity index (χ0v) is 10.1. The summed E-state index contributed by atoms with van der Waals surface area (Å²) in [5.41, 5.74) is 2.81. The quantitative estimate of drug-likeness (QED) is 0.864. The summed E-state index contributed by atoms with van der Waals surface area (Å²) in [7, 11) is 0. The van der Waals surface area contributed by atoms with E-state index in [0.29, 0.717) is 5.69 Å². The molecule has 1 aromatic carbocycles. The number of anilines is 2. The predicted octanol–water partition coefficient (Wildman–Crippen LogP) is 3.09. The van der Waals surface area contributed by atoms with Gasteiger partial charge in [-0.2, -0.15) is 0 Å². The van der Waals surface area contributed by atoms with Gasteiger partial charge in [0.15, 0.2) is 0 Å². The molecule has 18 heavy (non-hydrogen) atoms. The number of rotatable bonds is 4. The molecule has 0 spiro atoms. The smallest absolute Gasteiger partial charge is 0.339 e. The van der Waals surface area contributed by atoms with E-state index in [2.05, 4.69) is 17.2 Å². The van der Waals surface area contributed by atoms with Crippen LogP contribution < -0.4 is 5.32 Å². The fraction of sp³-hybridized carbons (Fsp3) is 0.143. The Kier molecular flexibility index (Phi) is 3.57. The molecule has 0 fully saturated rings. The maximum Gasteiger partial charge on any atom is 0.339 e. The van der Waals surface area contributed by atoms with Gasteiger partial charge in [0.1, 0.15) is 5.56 Å². The van der Waals surface area contributed by atoms with Crippen molar-refractivity contribution in [2.24, 2.45) is 0 Å². The highest BCUT2D eigenvalue weighted by molar-refractivity contribution is 5.94. The molecule has 0 unspecified atom stereocenters. The molecule has 0 saturated carbocycles. The average molecular weight is 242 g/mol. The molecule has 0 radical (unpaired) electrons. The third-order valence-corrected chi connectivity index (χ3v) is 2.69. The number of benzene rings is 1. The Morgan fingerprint density at radius 1 is 1.28 bits per heavy atom. The molecule has 1 heterocycles. The maximum atomic E-state index is 11.0. The second-order valence-electron chi connectivity index (χ2n) is 3.90. The number of nitrogens with one attached hydrogen (secondary N) is 1. The highest BCUT2D eigenvalue weighted by atomic mass is 16.4. The van der Waals surface area contributed by atoms with Crippen LogP contribution in [0.3, 0.4) is 0 Å². The lowest BCUT2D eigenvalue weighted by Crippen LogP contribution is -2.03. The Hall–Kier alpha value is -2.36. The largest absolute Gasteiger partial charge is 0.478 e. The SMILES string of the molecule is CCc1ccc(Nc2ccncc2C(=O)O)cc1. The van der Waals surface area contributed by atoms with Crippen LogP contribution in [0.2, 0.25) is 0 Å². The first-order valence-corrected chi connectivity index (χ1v) is 5.74. The van der Waals surface area contributed by atoms with Crippen molar-refractivity contribution in [1.82, 2.24) is 4.98 Å². The number of aryl methyl sites for hydroxylation is 1. The van der Waals surface area contributed by atoms with Gasteiger partial charge in [-0.1, -0.05) is 19.1 Å². The first-order chi connectivity index (χ1) is 8.70. The second kappa shape index (κ2) is 5.31. The van der Waals surface area contributed by atoms with E-state index >= 15 is 0 Å². The number of aromatic carboxylic acids is 1. The van der Waals surface area contributed by atoms with Gasteiger partial charge in [0.05, 0.1) is 5.69 Å². The van der Waals surface area contributed by atoms with Crippen molar-refractivity contribution in [3.05, 3.63) is 53.9 Å². The van der Waals surface area contributed by atoms with Crippen molar-refractivity contribution >= 4 is 17.3 Å². The van der Waals surface area contributed by atoms with Crippen LogP contribution in [-0.2, 0) is 6.42 Å². The van der Waals surface area contributed by atoms with Crippen molar-refractivity contribution < 1.29 is 9.90 Å². The lowest BCUT2D eigenvalue weighted by Gasteiger charge is -2.09. The third kappa shape index (κ3) is 2.66. The Morgan fingerprint density at radius 2 is 2.00 bits per heavy atom. The lowest BCUT2D eigenvalue weighted by molar-refractivity contribution is 0.0697. The van der Waals surface area contributed by atoms with Crippen LogP contribution in [0.25, 0.3) is 0 Å². The molecule has 2 aromatic rings. The number of hydrogen-bond acceptors (Lipinski definition) is 3. The van der Waals surface area contributed by atoms with E-state index in [4.69, 9.17) is 5.11 Å². The Balaban J connectivity index is 2.25. The first-order valence-electron chi connectivity index (χ1n) is 5.74. The van der Waals surface area contributed by atoms with Gasteiger partial charge in [0.25, 0.3) is 0 Å². The normalized spacial score (nSPS) is 10.1. The first kappa shape index (κ1) is 12.1. The van der Waals surface area contributed by atoms with Gasteiger partial charge in [0.2, 0.25) is 0 Å². The number of hydrogen-bond donors (Lipinski definition) is 2. The van der Waals surface area contributed by atoms with Gasteiger partial charge in [-0.3, -0.25) is 4.98 Å². The number of carboxylic acid groups (broad SMARTS) is 1. The summed E-state index contributed by atoms with van der Waals surface area (Å²) < 4.78 is 0. The molecule has 4 heteroatoms. The fourth-order valence-electron chi connectivity index (χ4n) is 1.65. The van der Waals surface area contributed by atoms with Gasteiger partial charge in [-0.15, -0.1) is 0 Å². The molecular weight excluding hydrogens is 228 g/mol. The highest BCUT2D eigenvalue weighted by Crippen LogP contribution is 2.20. The summed E-state index contributed by atoms with van der Waals surface area (Å²) in [4.78, 5) is 14.8. The second-order valence-corrected chi connectivity index (χ2v) is 3.90. The summed E-state index contributed by atoms with van der Waals surface area (Å²) in [6, 6.07) is 9.56. The van der Waals surface area contributed by atoms with Crippen molar-refractivity contribution in [1.29, 1.82) is 0 Å². The van der Waals surface area contributed by atoms with Crippen molar-refractivity contribution in [3.8, 4) is 0 Å². The van der Waals surface area contributed by atoms with Crippen LogP contribution in [0, 0.1) is 0 Å². The molecule has 0 aliphatic carbocycles. The number of nitrogens with zero attached hydrogens (tertiary/aromatic N) is 1. The van der Waals surface area contributed by atoms with Gasteiger partial charge in [-0.25, -0.2) is 4.79 Å². The molecule has 4 nitrogen and oxygen atoms in total. The Labute approximate surface area is 105 Å². The van der Waals surface area contributed by atoms with E-state index in [0.717, 1.165) is 12.1 Å². The minimum Gasteiger partial charge on any atom is -0.478 e. The van der Waals surface area contributed by atoms with Crippen LogP contribution in [0.5, 0.6) is 0 Å². The Morgan fingerprint density at radius 3 is 2.61 bits per heavy atom. The summed E-state index contributed by atoms with van der Waals surface area (Å²) in [5, 5.41) is 12.1. The Bertz CT molecular complexity index is 550. The third-order valence-electron chi connectivity index (χ3n) is 2.69. The molecule has 2 N–H and O–H groups in total. The van der Waals surface area contributed by atoms with E-state index in [1.54, 1.807) is 12.3 Å². The monoisotopic (exact) mass is 242 g/mol. The summed E-state index contributed by atoms with van der Waals surface area (Å²) in [6.07, 6.45) is 3.89. The van der Waals surface area contributed by atoms with Crippen LogP contribution in [0.15, 0.2) is 42.7 Å². The molecule has 0 amide bonds. The van der Waals surface area contributed by atoms with Crippen molar-refractivity contribution in [2.45, 2.75) is 13.3 Å². The van der Waals surface area contributed by atoms with E-state index in [9.17, 15) is 4.79 Å². The van der Waals surface area contributed by atoms with Crippen molar-refractivity contribution in [3.63, 3.8) is 0 Å². The molecule has 0 saturated heterocycles. The van der Waals surface area contributed by atoms with Gasteiger partial charge < -0.3 is 10.4 Å². The number of carboxylic acids is 1. The summed E-state index contributed by atoms with van der Waals surface area (Å²) in [5.74, 6) is -0.990. The molecular formula is C14H14N2O2. The standard InChI is InChI=1S/C14H14N2O2/c1-2-10-3-5-11(6-4-10)16-13-7-8-15-9-12(13)14(17)18/h3-9H,2H2,1H3,(H,15,16)(H,17,18). The van der Waals surface area contributed by atoms with Crippen LogP contribution in [-0.4, -0.2) is 16.1 Å². The van der Waals surface area contributed by atoms with Crippen LogP contribution >= 0.6 is 0 Å². The summed E-state index contributed by atoms with van der Waals surface area (Å²) in [6.45, 7) is 2.09.